The average molecular weight is 374 g/mol. The van der Waals surface area contributed by atoms with Crippen LogP contribution in [0.3, 0.4) is 0 Å². The van der Waals surface area contributed by atoms with Crippen molar-refractivity contribution in [1.29, 1.82) is 0 Å². The number of imide groups is 1. The Labute approximate surface area is 158 Å². The highest BCUT2D eigenvalue weighted by molar-refractivity contribution is 5.96. The van der Waals surface area contributed by atoms with E-state index in [0.717, 1.165) is 16.0 Å². The predicted molar refractivity (Wildman–Crippen MR) is 99.9 cm³/mol. The maximum absolute atomic E-state index is 14.0. The Morgan fingerprint density at radius 1 is 1.19 bits per heavy atom. The molecule has 2 rings (SSSR count). The second kappa shape index (κ2) is 9.68. The third kappa shape index (κ3) is 5.27. The van der Waals surface area contributed by atoms with Crippen LogP contribution in [0.15, 0.2) is 48.5 Å². The summed E-state index contributed by atoms with van der Waals surface area (Å²) in [6.07, 6.45) is 0. The summed E-state index contributed by atoms with van der Waals surface area (Å²) in [5, 5.41) is 4.74. The highest BCUT2D eigenvalue weighted by Gasteiger charge is 2.31. The van der Waals surface area contributed by atoms with E-state index in [-0.39, 0.29) is 5.75 Å². The molecule has 27 heavy (non-hydrogen) atoms. The van der Waals surface area contributed by atoms with Gasteiger partial charge in [-0.05, 0) is 25.1 Å². The minimum Gasteiger partial charge on any atom is -0.494 e. The van der Waals surface area contributed by atoms with Crippen LogP contribution in [-0.2, 0) is 11.3 Å². The minimum absolute atomic E-state index is 0.175. The molecule has 0 fully saturated rings. The van der Waals surface area contributed by atoms with E-state index in [9.17, 15) is 14.0 Å². The number of carbonyl (C=O) groups excluding carboxylic acids is 2. The van der Waals surface area contributed by atoms with E-state index < -0.39 is 23.8 Å². The smallest absolute Gasteiger partial charge is 0.321 e. The Kier molecular flexibility index (Phi) is 7.31. The van der Waals surface area contributed by atoms with Gasteiger partial charge in [-0.1, -0.05) is 30.3 Å². The normalized spacial score (nSPS) is 12.7. The quantitative estimate of drug-likeness (QED) is 0.687. The molecule has 0 saturated heterocycles. The molecule has 144 valence electrons. The molecule has 0 aliphatic heterocycles. The molecular formula is C20H25FN3O3+. The SMILES string of the molecule is CC[NH+](Cc1ccc(OC)c(F)c1)[C@@H](C(=O)NC(=O)NC)c1ccccc1. The first-order valence-corrected chi connectivity index (χ1v) is 8.74. The summed E-state index contributed by atoms with van der Waals surface area (Å²) in [7, 11) is 2.86. The third-order valence-corrected chi connectivity index (χ3v) is 4.37. The monoisotopic (exact) mass is 374 g/mol. The van der Waals surface area contributed by atoms with E-state index in [1.165, 1.54) is 20.2 Å². The lowest BCUT2D eigenvalue weighted by Crippen LogP contribution is -3.12. The number of urea groups is 1. The molecule has 7 heteroatoms. The number of benzene rings is 2. The molecule has 2 aromatic rings. The molecule has 3 N–H and O–H groups in total. The van der Waals surface area contributed by atoms with E-state index in [1.807, 2.05) is 37.3 Å². The largest absolute Gasteiger partial charge is 0.494 e. The fourth-order valence-electron chi connectivity index (χ4n) is 2.98. The zero-order valence-corrected chi connectivity index (χ0v) is 15.7. The first-order chi connectivity index (χ1) is 13.0. The Morgan fingerprint density at radius 3 is 2.44 bits per heavy atom. The van der Waals surface area contributed by atoms with Gasteiger partial charge in [0.2, 0.25) is 0 Å². The van der Waals surface area contributed by atoms with Gasteiger partial charge < -0.3 is 15.0 Å². The van der Waals surface area contributed by atoms with Crippen molar-refractivity contribution in [2.24, 2.45) is 0 Å². The van der Waals surface area contributed by atoms with Crippen molar-refractivity contribution >= 4 is 11.9 Å². The Morgan fingerprint density at radius 2 is 1.89 bits per heavy atom. The van der Waals surface area contributed by atoms with Gasteiger partial charge in [-0.3, -0.25) is 10.1 Å². The number of methoxy groups -OCH3 is 1. The molecule has 0 aliphatic carbocycles. The van der Waals surface area contributed by atoms with Crippen molar-refractivity contribution in [3.63, 3.8) is 0 Å². The van der Waals surface area contributed by atoms with Gasteiger partial charge in [0.15, 0.2) is 17.6 Å². The van der Waals surface area contributed by atoms with Crippen molar-refractivity contribution in [2.75, 3.05) is 20.7 Å². The molecule has 2 atom stereocenters. The number of carbonyl (C=O) groups is 2. The zero-order valence-electron chi connectivity index (χ0n) is 15.7. The second-order valence-corrected chi connectivity index (χ2v) is 6.07. The molecule has 0 bridgehead atoms. The number of halogens is 1. The Balaban J connectivity index is 2.32. The number of amides is 3. The van der Waals surface area contributed by atoms with Crippen LogP contribution in [0.25, 0.3) is 0 Å². The van der Waals surface area contributed by atoms with Gasteiger partial charge in [-0.15, -0.1) is 0 Å². The summed E-state index contributed by atoms with van der Waals surface area (Å²) in [5.41, 5.74) is 1.52. The first-order valence-electron chi connectivity index (χ1n) is 8.74. The van der Waals surface area contributed by atoms with Crippen LogP contribution in [0.5, 0.6) is 5.75 Å². The zero-order chi connectivity index (χ0) is 19.8. The number of hydrogen-bond donors (Lipinski definition) is 3. The van der Waals surface area contributed by atoms with E-state index >= 15 is 0 Å². The minimum atomic E-state index is -0.612. The van der Waals surface area contributed by atoms with Crippen LogP contribution in [0.4, 0.5) is 9.18 Å². The average Bonchev–Trinajstić information content (AvgIpc) is 2.68. The predicted octanol–water partition coefficient (Wildman–Crippen LogP) is 1.44. The van der Waals surface area contributed by atoms with Crippen LogP contribution in [0.1, 0.15) is 24.1 Å². The van der Waals surface area contributed by atoms with E-state index in [1.54, 1.807) is 12.1 Å². The number of ether oxygens (including phenoxy) is 1. The number of likely N-dealkylation sites (N-methyl/N-ethyl adjacent to an activating group) is 1. The summed E-state index contributed by atoms with van der Waals surface area (Å²) >= 11 is 0. The third-order valence-electron chi connectivity index (χ3n) is 4.37. The van der Waals surface area contributed by atoms with Crippen molar-refractivity contribution in [3.05, 3.63) is 65.5 Å². The van der Waals surface area contributed by atoms with E-state index in [0.29, 0.717) is 13.1 Å². The fraction of sp³-hybridized carbons (Fsp3) is 0.300. The van der Waals surface area contributed by atoms with Crippen molar-refractivity contribution < 1.29 is 23.6 Å². The van der Waals surface area contributed by atoms with Crippen LogP contribution in [0, 0.1) is 5.82 Å². The highest BCUT2D eigenvalue weighted by Crippen LogP contribution is 2.18. The van der Waals surface area contributed by atoms with E-state index in [2.05, 4.69) is 10.6 Å². The molecule has 0 aliphatic rings. The standard InChI is InChI=1S/C20H24FN3O3/c1-4-24(13-14-10-11-17(27-3)16(21)12-14)18(15-8-6-5-7-9-15)19(25)23-20(26)22-2/h5-12,18H,4,13H2,1-3H3,(H2,22,23,25,26)/p+1/t18-/m1/s1. The lowest BCUT2D eigenvalue weighted by atomic mass is 10.0. The molecule has 6 nitrogen and oxygen atoms in total. The van der Waals surface area contributed by atoms with Crippen molar-refractivity contribution in [3.8, 4) is 5.75 Å². The van der Waals surface area contributed by atoms with Crippen LogP contribution in [0.2, 0.25) is 0 Å². The topological polar surface area (TPSA) is 71.9 Å². The Bertz CT molecular complexity index is 783. The van der Waals surface area contributed by atoms with E-state index in [4.69, 9.17) is 4.74 Å². The van der Waals surface area contributed by atoms with Crippen molar-refractivity contribution in [2.45, 2.75) is 19.5 Å². The van der Waals surface area contributed by atoms with Crippen LogP contribution < -0.4 is 20.3 Å². The maximum Gasteiger partial charge on any atom is 0.321 e. The van der Waals surface area contributed by atoms with Gasteiger partial charge in [0.25, 0.3) is 5.91 Å². The highest BCUT2D eigenvalue weighted by atomic mass is 19.1. The summed E-state index contributed by atoms with van der Waals surface area (Å²) in [6.45, 7) is 2.96. The van der Waals surface area contributed by atoms with Gasteiger partial charge >= 0.3 is 6.03 Å². The van der Waals surface area contributed by atoms with Gasteiger partial charge in [0.05, 0.1) is 13.7 Å². The summed E-state index contributed by atoms with van der Waals surface area (Å²) in [4.78, 5) is 25.3. The molecule has 0 saturated carbocycles. The molecule has 0 radical (unpaired) electrons. The van der Waals surface area contributed by atoms with Crippen LogP contribution >= 0.6 is 0 Å². The van der Waals surface area contributed by atoms with Gasteiger partial charge in [0, 0.05) is 18.2 Å². The van der Waals surface area contributed by atoms with Crippen molar-refractivity contribution in [1.82, 2.24) is 10.6 Å². The Hall–Kier alpha value is -2.93. The van der Waals surface area contributed by atoms with Gasteiger partial charge in [-0.25, -0.2) is 9.18 Å². The lowest BCUT2D eigenvalue weighted by Gasteiger charge is -2.27. The number of hydrogen-bond acceptors (Lipinski definition) is 3. The van der Waals surface area contributed by atoms with Gasteiger partial charge in [-0.2, -0.15) is 0 Å². The number of rotatable bonds is 7. The number of nitrogens with one attached hydrogen (secondary N) is 3. The molecule has 1 unspecified atom stereocenters. The fourth-order valence-corrected chi connectivity index (χ4v) is 2.98. The maximum atomic E-state index is 14.0. The molecule has 0 heterocycles. The molecular weight excluding hydrogens is 349 g/mol. The number of quaternary nitrogens is 1. The molecule has 3 amide bonds. The second-order valence-electron chi connectivity index (χ2n) is 6.07. The first kappa shape index (κ1) is 20.4. The molecule has 2 aromatic carbocycles. The van der Waals surface area contributed by atoms with Gasteiger partial charge in [0.1, 0.15) is 6.54 Å². The van der Waals surface area contributed by atoms with Crippen LogP contribution in [-0.4, -0.2) is 32.6 Å². The summed E-state index contributed by atoms with van der Waals surface area (Å²) in [6, 6.07) is 12.8. The molecule has 0 spiro atoms. The summed E-state index contributed by atoms with van der Waals surface area (Å²) in [5.74, 6) is -0.684. The molecule has 0 aromatic heterocycles. The lowest BCUT2D eigenvalue weighted by molar-refractivity contribution is -0.933. The summed E-state index contributed by atoms with van der Waals surface area (Å²) < 4.78 is 19.0.